The highest BCUT2D eigenvalue weighted by molar-refractivity contribution is 5.82. The first-order valence-electron chi connectivity index (χ1n) is 8.58. The summed E-state index contributed by atoms with van der Waals surface area (Å²) in [6.45, 7) is 7.02. The second-order valence-electron chi connectivity index (χ2n) is 6.36. The van der Waals surface area contributed by atoms with Crippen LogP contribution in [0.2, 0.25) is 0 Å². The molecule has 2 fully saturated rings. The molecule has 0 spiro atoms. The van der Waals surface area contributed by atoms with Crippen molar-refractivity contribution < 1.29 is 19.1 Å². The van der Waals surface area contributed by atoms with Gasteiger partial charge in [0.2, 0.25) is 0 Å². The molecule has 1 saturated heterocycles. The Morgan fingerprint density at radius 2 is 1.82 bits per heavy atom. The summed E-state index contributed by atoms with van der Waals surface area (Å²) in [4.78, 5) is 25.3. The first kappa shape index (κ1) is 18.8. The van der Waals surface area contributed by atoms with Crippen molar-refractivity contribution in [2.24, 2.45) is 5.92 Å². The summed E-state index contributed by atoms with van der Waals surface area (Å²) in [7, 11) is 1.35. The summed E-state index contributed by atoms with van der Waals surface area (Å²) >= 11 is 0. The summed E-state index contributed by atoms with van der Waals surface area (Å²) < 4.78 is 10.3. The SMILES string of the molecule is CCC.COC(=O)C1CCCN1C(=O)OC1CCCC(C)C1. The number of hydrogen-bond acceptors (Lipinski definition) is 4. The van der Waals surface area contributed by atoms with Gasteiger partial charge < -0.3 is 9.47 Å². The molecule has 1 heterocycles. The van der Waals surface area contributed by atoms with Crippen molar-refractivity contribution in [2.45, 2.75) is 77.9 Å². The van der Waals surface area contributed by atoms with E-state index in [0.29, 0.717) is 18.9 Å². The third-order valence-corrected chi connectivity index (χ3v) is 4.12. The van der Waals surface area contributed by atoms with Crippen LogP contribution in [0.15, 0.2) is 0 Å². The highest BCUT2D eigenvalue weighted by Crippen LogP contribution is 2.27. The Kier molecular flexibility index (Phi) is 8.28. The van der Waals surface area contributed by atoms with Gasteiger partial charge in [-0.15, -0.1) is 0 Å². The second-order valence-corrected chi connectivity index (χ2v) is 6.36. The fourth-order valence-electron chi connectivity index (χ4n) is 3.06. The van der Waals surface area contributed by atoms with Crippen LogP contribution >= 0.6 is 0 Å². The van der Waals surface area contributed by atoms with E-state index in [9.17, 15) is 9.59 Å². The lowest BCUT2D eigenvalue weighted by Crippen LogP contribution is -2.43. The van der Waals surface area contributed by atoms with E-state index in [-0.39, 0.29) is 18.2 Å². The average Bonchev–Trinajstić information content (AvgIpc) is 2.97. The van der Waals surface area contributed by atoms with Gasteiger partial charge in [-0.05, 0) is 38.0 Å². The van der Waals surface area contributed by atoms with E-state index in [1.165, 1.54) is 24.9 Å². The van der Waals surface area contributed by atoms with Crippen LogP contribution in [-0.2, 0) is 14.3 Å². The first-order valence-corrected chi connectivity index (χ1v) is 8.58. The van der Waals surface area contributed by atoms with Gasteiger partial charge in [-0.25, -0.2) is 9.59 Å². The number of methoxy groups -OCH3 is 1. The third kappa shape index (κ3) is 5.50. The van der Waals surface area contributed by atoms with Gasteiger partial charge >= 0.3 is 12.1 Å². The van der Waals surface area contributed by atoms with E-state index < -0.39 is 6.04 Å². The van der Waals surface area contributed by atoms with Gasteiger partial charge in [0.05, 0.1) is 7.11 Å². The molecular weight excluding hydrogens is 282 g/mol. The quantitative estimate of drug-likeness (QED) is 0.728. The predicted molar refractivity (Wildman–Crippen MR) is 85.6 cm³/mol. The Morgan fingerprint density at radius 3 is 2.41 bits per heavy atom. The molecule has 0 aromatic carbocycles. The maximum atomic E-state index is 12.1. The predicted octanol–water partition coefficient (Wildman–Crippen LogP) is 3.76. The van der Waals surface area contributed by atoms with Crippen LogP contribution in [-0.4, -0.2) is 42.8 Å². The summed E-state index contributed by atoms with van der Waals surface area (Å²) in [5.41, 5.74) is 0. The Hall–Kier alpha value is -1.26. The number of carbonyl (C=O) groups excluding carboxylic acids is 2. The summed E-state index contributed by atoms with van der Waals surface area (Å²) in [6.07, 6.45) is 6.60. The summed E-state index contributed by atoms with van der Waals surface area (Å²) in [5, 5.41) is 0. The number of ether oxygens (including phenoxy) is 2. The van der Waals surface area contributed by atoms with Crippen LogP contribution in [0.1, 0.15) is 65.7 Å². The molecule has 0 aromatic heterocycles. The molecule has 0 bridgehead atoms. The Labute approximate surface area is 134 Å². The number of hydrogen-bond donors (Lipinski definition) is 0. The van der Waals surface area contributed by atoms with Crippen LogP contribution in [0.5, 0.6) is 0 Å². The van der Waals surface area contributed by atoms with Gasteiger partial charge in [0, 0.05) is 6.54 Å². The minimum Gasteiger partial charge on any atom is -0.467 e. The largest absolute Gasteiger partial charge is 0.467 e. The number of rotatable bonds is 2. The van der Waals surface area contributed by atoms with E-state index in [4.69, 9.17) is 9.47 Å². The Morgan fingerprint density at radius 1 is 1.14 bits per heavy atom. The van der Waals surface area contributed by atoms with Crippen LogP contribution in [0.4, 0.5) is 4.79 Å². The lowest BCUT2D eigenvalue weighted by molar-refractivity contribution is -0.145. The van der Waals surface area contributed by atoms with Gasteiger partial charge in [-0.1, -0.05) is 33.6 Å². The fourth-order valence-corrected chi connectivity index (χ4v) is 3.06. The van der Waals surface area contributed by atoms with Gasteiger partial charge in [-0.2, -0.15) is 0 Å². The fraction of sp³-hybridized carbons (Fsp3) is 0.882. The highest BCUT2D eigenvalue weighted by Gasteiger charge is 2.37. The minimum absolute atomic E-state index is 0.00940. The van der Waals surface area contributed by atoms with Crippen molar-refractivity contribution in [3.8, 4) is 0 Å². The number of esters is 1. The normalized spacial score (nSPS) is 27.6. The number of likely N-dealkylation sites (tertiary alicyclic amines) is 1. The average molecular weight is 313 g/mol. The van der Waals surface area contributed by atoms with Gasteiger partial charge in [-0.3, -0.25) is 4.90 Å². The number of carbonyl (C=O) groups is 2. The molecular formula is C17H31NO4. The number of nitrogens with zero attached hydrogens (tertiary/aromatic N) is 1. The van der Waals surface area contributed by atoms with Gasteiger partial charge in [0.15, 0.2) is 0 Å². The molecule has 5 heteroatoms. The molecule has 1 amide bonds. The van der Waals surface area contributed by atoms with Crippen LogP contribution < -0.4 is 0 Å². The Bertz CT molecular complexity index is 359. The van der Waals surface area contributed by atoms with E-state index in [2.05, 4.69) is 20.8 Å². The smallest absolute Gasteiger partial charge is 0.410 e. The maximum Gasteiger partial charge on any atom is 0.410 e. The van der Waals surface area contributed by atoms with Crippen molar-refractivity contribution in [3.05, 3.63) is 0 Å². The van der Waals surface area contributed by atoms with E-state index in [1.807, 2.05) is 0 Å². The van der Waals surface area contributed by atoms with Gasteiger partial charge in [0.25, 0.3) is 0 Å². The van der Waals surface area contributed by atoms with E-state index in [1.54, 1.807) is 0 Å². The summed E-state index contributed by atoms with van der Waals surface area (Å²) in [6, 6.07) is -0.460. The van der Waals surface area contributed by atoms with Crippen LogP contribution in [0.3, 0.4) is 0 Å². The van der Waals surface area contributed by atoms with Crippen molar-refractivity contribution in [2.75, 3.05) is 13.7 Å². The van der Waals surface area contributed by atoms with E-state index >= 15 is 0 Å². The van der Waals surface area contributed by atoms with E-state index in [0.717, 1.165) is 25.7 Å². The molecule has 22 heavy (non-hydrogen) atoms. The molecule has 1 aliphatic carbocycles. The zero-order valence-corrected chi connectivity index (χ0v) is 14.5. The zero-order valence-electron chi connectivity index (χ0n) is 14.5. The number of amides is 1. The molecule has 0 N–H and O–H groups in total. The molecule has 5 nitrogen and oxygen atoms in total. The molecule has 1 saturated carbocycles. The monoisotopic (exact) mass is 313 g/mol. The lowest BCUT2D eigenvalue weighted by atomic mass is 9.89. The van der Waals surface area contributed by atoms with Crippen molar-refractivity contribution in [1.82, 2.24) is 4.90 Å². The molecule has 2 rings (SSSR count). The molecule has 128 valence electrons. The minimum atomic E-state index is -0.460. The van der Waals surface area contributed by atoms with Crippen molar-refractivity contribution in [3.63, 3.8) is 0 Å². The van der Waals surface area contributed by atoms with Crippen molar-refractivity contribution >= 4 is 12.1 Å². The second kappa shape index (κ2) is 9.70. The molecule has 3 unspecified atom stereocenters. The molecule has 2 aliphatic rings. The standard InChI is InChI=1S/C14H23NO4.C3H8/c1-10-5-3-6-11(9-10)19-14(17)15-8-4-7-12(15)13(16)18-2;1-3-2/h10-12H,3-9H2,1-2H3;3H2,1-2H3. The lowest BCUT2D eigenvalue weighted by Gasteiger charge is -2.29. The first-order chi connectivity index (χ1) is 10.5. The Balaban J connectivity index is 0.000000745. The highest BCUT2D eigenvalue weighted by atomic mass is 16.6. The molecule has 3 atom stereocenters. The van der Waals surface area contributed by atoms with Crippen molar-refractivity contribution in [1.29, 1.82) is 0 Å². The molecule has 0 aromatic rings. The third-order valence-electron chi connectivity index (χ3n) is 4.12. The zero-order chi connectivity index (χ0) is 16.5. The van der Waals surface area contributed by atoms with Crippen LogP contribution in [0, 0.1) is 5.92 Å². The maximum absolute atomic E-state index is 12.1. The topological polar surface area (TPSA) is 55.8 Å². The summed E-state index contributed by atoms with van der Waals surface area (Å²) in [5.74, 6) is 0.271. The molecule has 0 radical (unpaired) electrons. The van der Waals surface area contributed by atoms with Crippen LogP contribution in [0.25, 0.3) is 0 Å². The molecule has 1 aliphatic heterocycles. The van der Waals surface area contributed by atoms with Gasteiger partial charge in [0.1, 0.15) is 12.1 Å².